The van der Waals surface area contributed by atoms with Crippen LogP contribution in [0.15, 0.2) is 66.6 Å². The van der Waals surface area contributed by atoms with Crippen molar-refractivity contribution in [1.29, 1.82) is 0 Å². The highest BCUT2D eigenvalue weighted by atomic mass is 127. The molecule has 6 nitrogen and oxygen atoms in total. The number of halogens is 1. The van der Waals surface area contributed by atoms with Crippen LogP contribution in [-0.4, -0.2) is 34.8 Å². The molecule has 180 valence electrons. The number of hydrogen-bond donors (Lipinski definition) is 1. The van der Waals surface area contributed by atoms with Crippen LogP contribution >= 0.6 is 22.6 Å². The predicted octanol–water partition coefficient (Wildman–Crippen LogP) is 6.66. The second-order valence-electron chi connectivity index (χ2n) is 8.31. The largest absolute Gasteiger partial charge is 0.494 e. The van der Waals surface area contributed by atoms with Crippen LogP contribution in [0.3, 0.4) is 0 Å². The number of hydrogen-bond acceptors (Lipinski definition) is 5. The van der Waals surface area contributed by atoms with Gasteiger partial charge in [0.15, 0.2) is 3.83 Å². The van der Waals surface area contributed by atoms with Crippen LogP contribution in [0.5, 0.6) is 5.75 Å². The quantitative estimate of drug-likeness (QED) is 0.246. The Bertz CT molecular complexity index is 1080. The van der Waals surface area contributed by atoms with Gasteiger partial charge in [-0.2, -0.15) is 0 Å². The second kappa shape index (κ2) is 12.3. The molecule has 2 heterocycles. The first kappa shape index (κ1) is 24.6. The molecular formula is C27H32IN3O3. The Morgan fingerprint density at radius 2 is 1.97 bits per heavy atom. The van der Waals surface area contributed by atoms with E-state index in [2.05, 4.69) is 81.9 Å². The maximum atomic E-state index is 5.76. The van der Waals surface area contributed by atoms with Gasteiger partial charge in [0.25, 0.3) is 0 Å². The fourth-order valence-corrected chi connectivity index (χ4v) is 4.82. The van der Waals surface area contributed by atoms with Gasteiger partial charge in [-0.25, -0.2) is 4.98 Å². The van der Waals surface area contributed by atoms with Crippen molar-refractivity contribution in [3.8, 4) is 17.0 Å². The molecule has 0 spiro atoms. The zero-order valence-corrected chi connectivity index (χ0v) is 22.0. The first-order valence-corrected chi connectivity index (χ1v) is 13.0. The van der Waals surface area contributed by atoms with E-state index in [1.54, 1.807) is 6.26 Å². The van der Waals surface area contributed by atoms with Gasteiger partial charge in [-0.05, 0) is 53.6 Å². The number of nitrogens with one attached hydrogen (secondary N) is 1. The summed E-state index contributed by atoms with van der Waals surface area (Å²) in [4.78, 5) is 10.9. The Kier molecular flexibility index (Phi) is 8.87. The average molecular weight is 573 g/mol. The van der Waals surface area contributed by atoms with Crippen molar-refractivity contribution in [2.24, 2.45) is 0 Å². The maximum absolute atomic E-state index is 5.76. The summed E-state index contributed by atoms with van der Waals surface area (Å²) in [6.45, 7) is 6.57. The number of aromatic nitrogens is 2. The number of unbranched alkanes of at least 4 members (excludes halogenated alkanes) is 1. The summed E-state index contributed by atoms with van der Waals surface area (Å²) >= 11 is 2.28. The highest BCUT2D eigenvalue weighted by Gasteiger charge is 2.28. The minimum Gasteiger partial charge on any atom is -0.494 e. The molecule has 2 aromatic carbocycles. The van der Waals surface area contributed by atoms with Gasteiger partial charge in [0.05, 0.1) is 30.6 Å². The van der Waals surface area contributed by atoms with Gasteiger partial charge >= 0.3 is 0 Å². The zero-order valence-electron chi connectivity index (χ0n) is 19.8. The number of benzene rings is 2. The Morgan fingerprint density at radius 3 is 2.71 bits per heavy atom. The smallest absolute Gasteiger partial charge is 0.229 e. The van der Waals surface area contributed by atoms with Crippen molar-refractivity contribution < 1.29 is 14.2 Å². The molecule has 1 unspecified atom stereocenters. The molecular weight excluding hydrogens is 541 g/mol. The highest BCUT2D eigenvalue weighted by Crippen LogP contribution is 2.35. The number of rotatable bonds is 12. The van der Waals surface area contributed by atoms with E-state index in [4.69, 9.17) is 19.2 Å². The Hall–Kier alpha value is -2.52. The van der Waals surface area contributed by atoms with E-state index in [0.29, 0.717) is 13.2 Å². The zero-order chi connectivity index (χ0) is 23.8. The minimum atomic E-state index is 0.132. The molecule has 0 bridgehead atoms. The molecule has 7 heteroatoms. The first-order valence-electron chi connectivity index (χ1n) is 11.9. The first-order chi connectivity index (χ1) is 16.7. The van der Waals surface area contributed by atoms with Gasteiger partial charge in [-0.15, -0.1) is 0 Å². The third-order valence-electron chi connectivity index (χ3n) is 5.84. The van der Waals surface area contributed by atoms with Crippen molar-refractivity contribution in [1.82, 2.24) is 14.9 Å². The van der Waals surface area contributed by atoms with Gasteiger partial charge < -0.3 is 19.2 Å². The van der Waals surface area contributed by atoms with E-state index in [0.717, 1.165) is 58.1 Å². The van der Waals surface area contributed by atoms with E-state index < -0.39 is 0 Å². The second-order valence-corrected chi connectivity index (χ2v) is 9.33. The lowest BCUT2D eigenvalue weighted by Crippen LogP contribution is -2.31. The molecule has 1 aliphatic rings. The summed E-state index contributed by atoms with van der Waals surface area (Å²) in [6, 6.07) is 18.9. The lowest BCUT2D eigenvalue weighted by molar-refractivity contribution is 0.0662. The Labute approximate surface area is 215 Å². The van der Waals surface area contributed by atoms with Crippen LogP contribution in [0.25, 0.3) is 11.3 Å². The van der Waals surface area contributed by atoms with Gasteiger partial charge in [0.1, 0.15) is 17.8 Å². The van der Waals surface area contributed by atoms with Crippen molar-refractivity contribution >= 4 is 22.6 Å². The van der Waals surface area contributed by atoms with Crippen LogP contribution in [0.2, 0.25) is 0 Å². The third-order valence-corrected chi connectivity index (χ3v) is 6.35. The van der Waals surface area contributed by atoms with Crippen molar-refractivity contribution in [3.05, 3.63) is 81.7 Å². The predicted molar refractivity (Wildman–Crippen MR) is 142 cm³/mol. The molecule has 0 amide bonds. The van der Waals surface area contributed by atoms with Crippen LogP contribution in [-0.2, 0) is 16.0 Å². The monoisotopic (exact) mass is 573 g/mol. The number of H-pyrrole nitrogens is 1. The Morgan fingerprint density at radius 1 is 1.12 bits per heavy atom. The molecule has 0 saturated heterocycles. The van der Waals surface area contributed by atoms with E-state index in [-0.39, 0.29) is 12.8 Å². The van der Waals surface area contributed by atoms with Crippen LogP contribution < -0.4 is 4.74 Å². The lowest BCUT2D eigenvalue weighted by Gasteiger charge is -2.32. The molecule has 1 aliphatic heterocycles. The number of imidazole rings is 1. The number of ether oxygens (including phenoxy) is 3. The molecule has 0 radical (unpaired) electrons. The van der Waals surface area contributed by atoms with Gasteiger partial charge in [0.2, 0.25) is 6.79 Å². The summed E-state index contributed by atoms with van der Waals surface area (Å²) in [5, 5.41) is 0. The number of aromatic amines is 1. The van der Waals surface area contributed by atoms with Gasteiger partial charge in [0, 0.05) is 12.1 Å². The lowest BCUT2D eigenvalue weighted by atomic mass is 9.99. The molecule has 4 rings (SSSR count). The van der Waals surface area contributed by atoms with Crippen LogP contribution in [0, 0.1) is 3.83 Å². The maximum Gasteiger partial charge on any atom is 0.229 e. The minimum absolute atomic E-state index is 0.132. The van der Waals surface area contributed by atoms with Gasteiger partial charge in [-0.1, -0.05) is 62.2 Å². The van der Waals surface area contributed by atoms with Gasteiger partial charge in [-0.3, -0.25) is 4.90 Å². The SMILES string of the molecule is CCCCC(c1[nH]c(I)nc1-c1ccccc1)N(CC1=COCO1)Cc1cccc(OCC)c1. The van der Waals surface area contributed by atoms with E-state index in [9.17, 15) is 0 Å². The molecule has 3 aromatic rings. The third kappa shape index (κ3) is 6.33. The average Bonchev–Trinajstić information content (AvgIpc) is 3.50. The molecule has 0 saturated carbocycles. The fraction of sp³-hybridized carbons (Fsp3) is 0.370. The summed E-state index contributed by atoms with van der Waals surface area (Å²) in [5.41, 5.74) is 4.47. The molecule has 0 aliphatic carbocycles. The molecule has 34 heavy (non-hydrogen) atoms. The van der Waals surface area contributed by atoms with Crippen LogP contribution in [0.4, 0.5) is 0 Å². The van der Waals surface area contributed by atoms with E-state index in [1.807, 2.05) is 19.1 Å². The summed E-state index contributed by atoms with van der Waals surface area (Å²) in [5.74, 6) is 1.74. The standard InChI is InChI=1S/C27H32IN3O3/c1-3-5-14-24(26-25(29-27(28)30-26)21-11-7-6-8-12-21)31(17-23-18-32-19-34-23)16-20-10-9-13-22(15-20)33-4-2/h6-13,15,18,24H,3-5,14,16-17,19H2,1-2H3,(H,29,30). The number of nitrogens with zero attached hydrogens (tertiary/aromatic N) is 2. The van der Waals surface area contributed by atoms with E-state index >= 15 is 0 Å². The molecule has 1 N–H and O–H groups in total. The summed E-state index contributed by atoms with van der Waals surface area (Å²) in [7, 11) is 0. The normalized spacial score (nSPS) is 13.9. The van der Waals surface area contributed by atoms with Crippen molar-refractivity contribution in [2.45, 2.75) is 45.7 Å². The highest BCUT2D eigenvalue weighted by molar-refractivity contribution is 14.1. The van der Waals surface area contributed by atoms with Crippen LogP contribution in [0.1, 0.15) is 50.4 Å². The molecule has 1 atom stereocenters. The molecule has 1 aromatic heterocycles. The fourth-order valence-electron chi connectivity index (χ4n) is 4.29. The van der Waals surface area contributed by atoms with Crippen molar-refractivity contribution in [3.63, 3.8) is 0 Å². The summed E-state index contributed by atoms with van der Waals surface area (Å²) < 4.78 is 17.8. The Balaban J connectivity index is 1.72. The van der Waals surface area contributed by atoms with Crippen molar-refractivity contribution in [2.75, 3.05) is 19.9 Å². The van der Waals surface area contributed by atoms with E-state index in [1.165, 1.54) is 5.56 Å². The molecule has 0 fully saturated rings. The summed E-state index contributed by atoms with van der Waals surface area (Å²) in [6.07, 6.45) is 4.97. The topological polar surface area (TPSA) is 59.6 Å².